The van der Waals surface area contributed by atoms with Crippen LogP contribution in [0.2, 0.25) is 0 Å². The number of hydrogen-bond donors (Lipinski definition) is 1. The van der Waals surface area contributed by atoms with E-state index in [2.05, 4.69) is 0 Å². The minimum absolute atomic E-state index is 0. The minimum atomic E-state index is -0.395. The van der Waals surface area contributed by atoms with E-state index < -0.39 is 6.04 Å². The molecule has 1 aliphatic rings. The minimum Gasteiger partial charge on any atom is -0.339 e. The van der Waals surface area contributed by atoms with Crippen molar-refractivity contribution in [2.45, 2.75) is 26.3 Å². The molecule has 1 aliphatic heterocycles. The van der Waals surface area contributed by atoms with Crippen LogP contribution in [-0.4, -0.2) is 53.8 Å². The van der Waals surface area contributed by atoms with Crippen LogP contribution in [-0.2, 0) is 9.59 Å². The number of nitrogens with two attached hydrogens (primary N) is 1. The third-order valence-corrected chi connectivity index (χ3v) is 2.79. The van der Waals surface area contributed by atoms with Gasteiger partial charge < -0.3 is 15.5 Å². The first-order valence-electron chi connectivity index (χ1n) is 5.36. The second-order valence-electron chi connectivity index (χ2n) is 3.85. The lowest BCUT2D eigenvalue weighted by atomic mass is 10.2. The van der Waals surface area contributed by atoms with Crippen LogP contribution in [0.4, 0.5) is 0 Å². The molecule has 0 aromatic heterocycles. The predicted molar refractivity (Wildman–Crippen MR) is 64.3 cm³/mol. The first-order valence-corrected chi connectivity index (χ1v) is 5.36. The van der Waals surface area contributed by atoms with Gasteiger partial charge in [-0.15, -0.1) is 12.4 Å². The molecule has 2 amide bonds. The number of hydrogen-bond acceptors (Lipinski definition) is 3. The van der Waals surface area contributed by atoms with E-state index in [0.717, 1.165) is 0 Å². The fraction of sp³-hybridized carbons (Fsp3) is 0.800. The molecular weight excluding hydrogens is 230 g/mol. The summed E-state index contributed by atoms with van der Waals surface area (Å²) in [6, 6.07) is -0.395. The Kier molecular flexibility index (Phi) is 6.36. The summed E-state index contributed by atoms with van der Waals surface area (Å²) in [6.45, 7) is 5.90. The predicted octanol–water partition coefficient (Wildman–Crippen LogP) is -0.164. The summed E-state index contributed by atoms with van der Waals surface area (Å²) < 4.78 is 0. The third-order valence-electron chi connectivity index (χ3n) is 2.79. The smallest absolute Gasteiger partial charge is 0.239 e. The van der Waals surface area contributed by atoms with Gasteiger partial charge in [0.25, 0.3) is 0 Å². The molecule has 0 aliphatic carbocycles. The molecule has 0 spiro atoms. The van der Waals surface area contributed by atoms with Crippen molar-refractivity contribution < 1.29 is 9.59 Å². The largest absolute Gasteiger partial charge is 0.339 e. The zero-order valence-corrected chi connectivity index (χ0v) is 10.6. The van der Waals surface area contributed by atoms with Crippen molar-refractivity contribution in [1.82, 2.24) is 9.80 Å². The lowest BCUT2D eigenvalue weighted by Crippen LogP contribution is -2.53. The summed E-state index contributed by atoms with van der Waals surface area (Å²) in [5.41, 5.74) is 5.67. The Bertz CT molecular complexity index is 252. The normalized spacial score (nSPS) is 17.7. The fourth-order valence-corrected chi connectivity index (χ4v) is 1.65. The van der Waals surface area contributed by atoms with E-state index in [1.54, 1.807) is 16.7 Å². The standard InChI is InChI=1S/C10H19N3O2.ClH/c1-3-9(11)10(15)13-6-4-12(5-7-13)8(2)14;/h9H,3-7,11H2,1-2H3;1H/t9-;/m0./s1. The molecule has 94 valence electrons. The van der Waals surface area contributed by atoms with Gasteiger partial charge in [0.15, 0.2) is 0 Å². The Labute approximate surface area is 102 Å². The average Bonchev–Trinajstić information content (AvgIpc) is 2.27. The lowest BCUT2D eigenvalue weighted by Gasteiger charge is -2.35. The molecule has 0 bridgehead atoms. The maximum atomic E-state index is 11.7. The highest BCUT2D eigenvalue weighted by Crippen LogP contribution is 2.04. The maximum Gasteiger partial charge on any atom is 0.239 e. The Morgan fingerprint density at radius 2 is 1.62 bits per heavy atom. The molecule has 0 aromatic carbocycles. The van der Waals surface area contributed by atoms with Crippen molar-refractivity contribution in [2.24, 2.45) is 5.73 Å². The fourth-order valence-electron chi connectivity index (χ4n) is 1.65. The molecule has 6 heteroatoms. The number of halogens is 1. The monoisotopic (exact) mass is 249 g/mol. The van der Waals surface area contributed by atoms with E-state index in [1.807, 2.05) is 6.92 Å². The SMILES string of the molecule is CC[C@H](N)C(=O)N1CCN(C(C)=O)CC1.Cl. The summed E-state index contributed by atoms with van der Waals surface area (Å²) in [7, 11) is 0. The second-order valence-corrected chi connectivity index (χ2v) is 3.85. The Morgan fingerprint density at radius 1 is 1.19 bits per heavy atom. The summed E-state index contributed by atoms with van der Waals surface area (Å²) in [4.78, 5) is 26.3. The van der Waals surface area contributed by atoms with Crippen molar-refractivity contribution in [3.63, 3.8) is 0 Å². The summed E-state index contributed by atoms with van der Waals surface area (Å²) in [6.07, 6.45) is 0.658. The zero-order chi connectivity index (χ0) is 11.4. The van der Waals surface area contributed by atoms with E-state index in [1.165, 1.54) is 0 Å². The van der Waals surface area contributed by atoms with E-state index in [-0.39, 0.29) is 24.2 Å². The van der Waals surface area contributed by atoms with Crippen LogP contribution in [0, 0.1) is 0 Å². The molecule has 1 fully saturated rings. The molecule has 5 nitrogen and oxygen atoms in total. The highest BCUT2D eigenvalue weighted by molar-refractivity contribution is 5.85. The van der Waals surface area contributed by atoms with Gasteiger partial charge in [-0.2, -0.15) is 0 Å². The first-order chi connectivity index (χ1) is 7.06. The summed E-state index contributed by atoms with van der Waals surface area (Å²) >= 11 is 0. The number of amides is 2. The van der Waals surface area contributed by atoms with Crippen LogP contribution in [0.1, 0.15) is 20.3 Å². The van der Waals surface area contributed by atoms with Gasteiger partial charge in [-0.25, -0.2) is 0 Å². The van der Waals surface area contributed by atoms with Crippen molar-refractivity contribution in [3.05, 3.63) is 0 Å². The molecule has 0 saturated carbocycles. The molecule has 1 rings (SSSR count). The third kappa shape index (κ3) is 3.64. The van der Waals surface area contributed by atoms with Crippen molar-refractivity contribution in [1.29, 1.82) is 0 Å². The summed E-state index contributed by atoms with van der Waals surface area (Å²) in [5, 5.41) is 0. The van der Waals surface area contributed by atoms with E-state index in [4.69, 9.17) is 5.73 Å². The first kappa shape index (κ1) is 15.2. The van der Waals surface area contributed by atoms with Gasteiger partial charge in [-0.1, -0.05) is 6.92 Å². The van der Waals surface area contributed by atoms with Crippen molar-refractivity contribution >= 4 is 24.2 Å². The molecule has 2 N–H and O–H groups in total. The van der Waals surface area contributed by atoms with Gasteiger partial charge >= 0.3 is 0 Å². The van der Waals surface area contributed by atoms with Gasteiger partial charge in [-0.3, -0.25) is 9.59 Å². The number of nitrogens with zero attached hydrogens (tertiary/aromatic N) is 2. The second kappa shape index (κ2) is 6.70. The molecule has 1 saturated heterocycles. The number of piperazine rings is 1. The van der Waals surface area contributed by atoms with E-state index >= 15 is 0 Å². The van der Waals surface area contributed by atoms with Crippen LogP contribution in [0.5, 0.6) is 0 Å². The number of carbonyl (C=O) groups is 2. The molecule has 1 heterocycles. The Morgan fingerprint density at radius 3 is 2.00 bits per heavy atom. The molecule has 1 atom stereocenters. The van der Waals surface area contributed by atoms with Crippen LogP contribution < -0.4 is 5.73 Å². The van der Waals surface area contributed by atoms with Gasteiger partial charge in [-0.05, 0) is 6.42 Å². The molecule has 0 aromatic rings. The zero-order valence-electron chi connectivity index (χ0n) is 9.81. The van der Waals surface area contributed by atoms with Crippen LogP contribution in [0.3, 0.4) is 0 Å². The highest BCUT2D eigenvalue weighted by atomic mass is 35.5. The molecule has 16 heavy (non-hydrogen) atoms. The Balaban J connectivity index is 0.00000225. The topological polar surface area (TPSA) is 66.6 Å². The van der Waals surface area contributed by atoms with Crippen molar-refractivity contribution in [3.8, 4) is 0 Å². The van der Waals surface area contributed by atoms with Crippen LogP contribution >= 0.6 is 12.4 Å². The van der Waals surface area contributed by atoms with Gasteiger partial charge in [0, 0.05) is 33.1 Å². The van der Waals surface area contributed by atoms with Gasteiger partial charge in [0.05, 0.1) is 6.04 Å². The average molecular weight is 250 g/mol. The van der Waals surface area contributed by atoms with Gasteiger partial charge in [0.2, 0.25) is 11.8 Å². The van der Waals surface area contributed by atoms with Crippen LogP contribution in [0.25, 0.3) is 0 Å². The summed E-state index contributed by atoms with van der Waals surface area (Å²) in [5.74, 6) is 0.0718. The lowest BCUT2D eigenvalue weighted by molar-refractivity contribution is -0.139. The molecular formula is C10H20ClN3O2. The highest BCUT2D eigenvalue weighted by Gasteiger charge is 2.24. The maximum absolute atomic E-state index is 11.7. The number of carbonyl (C=O) groups excluding carboxylic acids is 2. The number of rotatable bonds is 2. The quantitative estimate of drug-likeness (QED) is 0.739. The molecule has 0 radical (unpaired) electrons. The van der Waals surface area contributed by atoms with Gasteiger partial charge in [0.1, 0.15) is 0 Å². The molecule has 0 unspecified atom stereocenters. The van der Waals surface area contributed by atoms with E-state index in [9.17, 15) is 9.59 Å². The van der Waals surface area contributed by atoms with Crippen LogP contribution in [0.15, 0.2) is 0 Å². The van der Waals surface area contributed by atoms with E-state index in [0.29, 0.717) is 32.6 Å². The van der Waals surface area contributed by atoms with Crippen molar-refractivity contribution in [2.75, 3.05) is 26.2 Å². The Hall–Kier alpha value is -0.810.